The lowest BCUT2D eigenvalue weighted by Crippen LogP contribution is -2.05. The Morgan fingerprint density at radius 1 is 1.26 bits per heavy atom. The molecule has 0 saturated heterocycles. The fourth-order valence-corrected chi connectivity index (χ4v) is 1.67. The summed E-state index contributed by atoms with van der Waals surface area (Å²) in [6.07, 6.45) is 0.671. The van der Waals surface area contributed by atoms with Crippen molar-refractivity contribution < 1.29 is 24.5 Å². The summed E-state index contributed by atoms with van der Waals surface area (Å²) in [7, 11) is 1.41. The number of ether oxygens (including phenoxy) is 1. The predicted molar refractivity (Wildman–Crippen MR) is 70.3 cm³/mol. The number of methoxy groups -OCH3 is 1. The Balaban J connectivity index is 3.47. The van der Waals surface area contributed by atoms with Crippen molar-refractivity contribution in [2.75, 3.05) is 7.11 Å². The molecule has 1 aromatic rings. The summed E-state index contributed by atoms with van der Waals surface area (Å²) < 4.78 is 5.10. The van der Waals surface area contributed by atoms with Gasteiger partial charge in [0.25, 0.3) is 0 Å². The number of aliphatic carboxylic acids is 2. The van der Waals surface area contributed by atoms with Crippen molar-refractivity contribution in [1.82, 2.24) is 0 Å². The maximum Gasteiger partial charge on any atom is 0.336 e. The summed E-state index contributed by atoms with van der Waals surface area (Å²) in [4.78, 5) is 21.9. The van der Waals surface area contributed by atoms with Crippen LogP contribution >= 0.6 is 0 Å². The van der Waals surface area contributed by atoms with Crippen molar-refractivity contribution in [2.45, 2.75) is 19.8 Å². The van der Waals surface area contributed by atoms with Crippen LogP contribution in [0.3, 0.4) is 0 Å². The van der Waals surface area contributed by atoms with E-state index in [0.29, 0.717) is 11.8 Å². The molecule has 0 fully saturated rings. The van der Waals surface area contributed by atoms with Crippen LogP contribution in [0.25, 0.3) is 5.57 Å². The fourth-order valence-electron chi connectivity index (χ4n) is 1.67. The zero-order chi connectivity index (χ0) is 14.6. The van der Waals surface area contributed by atoms with E-state index in [1.54, 1.807) is 12.1 Å². The van der Waals surface area contributed by atoms with E-state index in [1.807, 2.05) is 19.9 Å². The molecule has 0 aliphatic rings. The number of carboxylic acids is 2. The van der Waals surface area contributed by atoms with E-state index in [4.69, 9.17) is 14.9 Å². The highest BCUT2D eigenvalue weighted by molar-refractivity contribution is 6.20. The first-order valence-electron chi connectivity index (χ1n) is 5.73. The van der Waals surface area contributed by atoms with Gasteiger partial charge in [-0.2, -0.15) is 0 Å². The fraction of sp³-hybridized carbons (Fsp3) is 0.286. The van der Waals surface area contributed by atoms with Gasteiger partial charge in [-0.05, 0) is 23.6 Å². The predicted octanol–water partition coefficient (Wildman–Crippen LogP) is 2.37. The minimum atomic E-state index is -1.31. The molecular weight excluding hydrogens is 248 g/mol. The van der Waals surface area contributed by atoms with Gasteiger partial charge in [-0.25, -0.2) is 9.59 Å². The molecule has 0 unspecified atom stereocenters. The molecule has 1 aromatic carbocycles. The minimum absolute atomic E-state index is 0.199. The second-order valence-corrected chi connectivity index (χ2v) is 4.32. The molecular formula is C14H16O5. The molecule has 0 saturated carbocycles. The Hall–Kier alpha value is -2.30. The molecule has 102 valence electrons. The van der Waals surface area contributed by atoms with Crippen molar-refractivity contribution in [3.05, 3.63) is 35.4 Å². The average Bonchev–Trinajstić information content (AvgIpc) is 2.34. The van der Waals surface area contributed by atoms with Gasteiger partial charge in [0.2, 0.25) is 0 Å². The standard InChI is InChI=1S/C14H16O5/c1-8(2)9-4-5-12(19-3)10(6-9)11(14(17)18)7-13(15)16/h4-8H,1-3H3,(H,15,16)(H,17,18)/b11-7-. The largest absolute Gasteiger partial charge is 0.496 e. The topological polar surface area (TPSA) is 83.8 Å². The lowest BCUT2D eigenvalue weighted by molar-refractivity contribution is -0.133. The van der Waals surface area contributed by atoms with Crippen molar-refractivity contribution in [3.8, 4) is 5.75 Å². The second kappa shape index (κ2) is 6.04. The molecule has 0 atom stereocenters. The molecule has 0 amide bonds. The third-order valence-electron chi connectivity index (χ3n) is 2.68. The van der Waals surface area contributed by atoms with Crippen LogP contribution in [0.15, 0.2) is 24.3 Å². The van der Waals surface area contributed by atoms with E-state index in [2.05, 4.69) is 0 Å². The van der Waals surface area contributed by atoms with Crippen LogP contribution in [-0.2, 0) is 9.59 Å². The zero-order valence-electron chi connectivity index (χ0n) is 11.0. The second-order valence-electron chi connectivity index (χ2n) is 4.32. The van der Waals surface area contributed by atoms with Gasteiger partial charge in [-0.15, -0.1) is 0 Å². The van der Waals surface area contributed by atoms with Gasteiger partial charge in [0.05, 0.1) is 12.7 Å². The van der Waals surface area contributed by atoms with Gasteiger partial charge in [0.1, 0.15) is 5.75 Å². The first kappa shape index (κ1) is 14.8. The average molecular weight is 264 g/mol. The van der Waals surface area contributed by atoms with Gasteiger partial charge >= 0.3 is 11.9 Å². The number of rotatable bonds is 5. The summed E-state index contributed by atoms with van der Waals surface area (Å²) in [5.41, 5.74) is 0.879. The number of hydrogen-bond donors (Lipinski definition) is 2. The van der Waals surface area contributed by atoms with Crippen LogP contribution in [0, 0.1) is 0 Å². The summed E-state index contributed by atoms with van der Waals surface area (Å²) >= 11 is 0. The van der Waals surface area contributed by atoms with Crippen molar-refractivity contribution in [3.63, 3.8) is 0 Å². The zero-order valence-corrected chi connectivity index (χ0v) is 11.0. The third-order valence-corrected chi connectivity index (χ3v) is 2.68. The summed E-state index contributed by atoms with van der Waals surface area (Å²) in [6.45, 7) is 3.93. The van der Waals surface area contributed by atoms with Crippen LogP contribution in [0.1, 0.15) is 30.9 Å². The number of hydrogen-bond acceptors (Lipinski definition) is 3. The van der Waals surface area contributed by atoms with Gasteiger partial charge in [0, 0.05) is 11.6 Å². The summed E-state index contributed by atoms with van der Waals surface area (Å²) in [5.74, 6) is -2.08. The Kier molecular flexibility index (Phi) is 4.69. The molecule has 19 heavy (non-hydrogen) atoms. The lowest BCUT2D eigenvalue weighted by Gasteiger charge is -2.13. The number of carbonyl (C=O) groups is 2. The Morgan fingerprint density at radius 3 is 2.32 bits per heavy atom. The van der Waals surface area contributed by atoms with Crippen LogP contribution in [0.5, 0.6) is 5.75 Å². The molecule has 5 heteroatoms. The molecule has 0 heterocycles. The maximum atomic E-state index is 11.2. The van der Waals surface area contributed by atoms with E-state index in [1.165, 1.54) is 7.11 Å². The van der Waals surface area contributed by atoms with Crippen molar-refractivity contribution in [1.29, 1.82) is 0 Å². The molecule has 0 radical (unpaired) electrons. The Labute approximate surface area is 111 Å². The van der Waals surface area contributed by atoms with E-state index >= 15 is 0 Å². The highest BCUT2D eigenvalue weighted by Gasteiger charge is 2.18. The summed E-state index contributed by atoms with van der Waals surface area (Å²) in [6, 6.07) is 5.11. The van der Waals surface area contributed by atoms with Gasteiger partial charge in [-0.1, -0.05) is 19.9 Å². The third kappa shape index (κ3) is 3.58. The molecule has 0 aliphatic carbocycles. The minimum Gasteiger partial charge on any atom is -0.496 e. The molecule has 1 rings (SSSR count). The molecule has 2 N–H and O–H groups in total. The molecule has 5 nitrogen and oxygen atoms in total. The van der Waals surface area contributed by atoms with Crippen molar-refractivity contribution in [2.24, 2.45) is 0 Å². The molecule has 0 aliphatic heterocycles. The molecule has 0 spiro atoms. The van der Waals surface area contributed by atoms with E-state index < -0.39 is 11.9 Å². The van der Waals surface area contributed by atoms with Crippen molar-refractivity contribution >= 4 is 17.5 Å². The first-order chi connectivity index (χ1) is 8.86. The van der Waals surface area contributed by atoms with Gasteiger partial charge in [-0.3, -0.25) is 0 Å². The smallest absolute Gasteiger partial charge is 0.336 e. The quantitative estimate of drug-likeness (QED) is 0.798. The van der Waals surface area contributed by atoms with Crippen LogP contribution in [0.2, 0.25) is 0 Å². The van der Waals surface area contributed by atoms with Gasteiger partial charge < -0.3 is 14.9 Å². The van der Waals surface area contributed by atoms with E-state index in [9.17, 15) is 9.59 Å². The Morgan fingerprint density at radius 2 is 1.89 bits per heavy atom. The van der Waals surface area contributed by atoms with Gasteiger partial charge in [0.15, 0.2) is 0 Å². The monoisotopic (exact) mass is 264 g/mol. The molecule has 0 aromatic heterocycles. The number of benzene rings is 1. The first-order valence-corrected chi connectivity index (χ1v) is 5.73. The molecule has 0 bridgehead atoms. The van der Waals surface area contributed by atoms with Crippen LogP contribution in [0.4, 0.5) is 0 Å². The lowest BCUT2D eigenvalue weighted by atomic mass is 9.96. The summed E-state index contributed by atoms with van der Waals surface area (Å²) in [5, 5.41) is 17.9. The highest BCUT2D eigenvalue weighted by Crippen LogP contribution is 2.30. The normalized spacial score (nSPS) is 11.5. The maximum absolute atomic E-state index is 11.2. The highest BCUT2D eigenvalue weighted by atomic mass is 16.5. The van der Waals surface area contributed by atoms with Crippen LogP contribution in [-0.4, -0.2) is 29.3 Å². The van der Waals surface area contributed by atoms with E-state index in [0.717, 1.165) is 5.56 Å². The Bertz CT molecular complexity index is 529. The van der Waals surface area contributed by atoms with Crippen LogP contribution < -0.4 is 4.74 Å². The van der Waals surface area contributed by atoms with E-state index in [-0.39, 0.29) is 17.1 Å². The number of carboxylic acid groups (broad SMARTS) is 2. The SMILES string of the molecule is COc1ccc(C(C)C)cc1/C(=C/C(=O)O)C(=O)O.